The summed E-state index contributed by atoms with van der Waals surface area (Å²) >= 11 is 0. The van der Waals surface area contributed by atoms with E-state index in [1.807, 2.05) is 6.20 Å². The minimum absolute atomic E-state index is 0.00176. The maximum absolute atomic E-state index is 13.8. The molecule has 192 valence electrons. The first kappa shape index (κ1) is 23.9. The monoisotopic (exact) mass is 490 g/mol. The number of benzene rings is 1. The smallest absolute Gasteiger partial charge is 0.270 e. The van der Waals surface area contributed by atoms with Gasteiger partial charge in [0.2, 0.25) is 0 Å². The number of aryl methyl sites for hydroxylation is 1. The van der Waals surface area contributed by atoms with Gasteiger partial charge in [-0.1, -0.05) is 19.1 Å². The van der Waals surface area contributed by atoms with Crippen LogP contribution in [0, 0.1) is 11.3 Å². The number of rotatable bonds is 5. The van der Waals surface area contributed by atoms with Gasteiger partial charge in [0.1, 0.15) is 11.9 Å². The molecule has 1 amide bonds. The Morgan fingerprint density at radius 3 is 2.78 bits per heavy atom. The van der Waals surface area contributed by atoms with Gasteiger partial charge in [0.05, 0.1) is 12.2 Å². The fourth-order valence-corrected chi connectivity index (χ4v) is 7.36. The number of fused-ring (bicyclic) bond motifs is 2. The van der Waals surface area contributed by atoms with Crippen molar-refractivity contribution in [3.8, 4) is 11.1 Å². The molecule has 3 heterocycles. The third kappa shape index (κ3) is 4.52. The second-order valence-electron chi connectivity index (χ2n) is 12.2. The highest BCUT2D eigenvalue weighted by Crippen LogP contribution is 2.46. The zero-order chi connectivity index (χ0) is 24.9. The number of carbonyl (C=O) groups is 1. The van der Waals surface area contributed by atoms with Gasteiger partial charge in [-0.3, -0.25) is 14.5 Å². The molecule has 2 aromatic rings. The molecule has 2 fully saturated rings. The van der Waals surface area contributed by atoms with Gasteiger partial charge in [0.25, 0.3) is 5.91 Å². The van der Waals surface area contributed by atoms with Crippen LogP contribution in [0.1, 0.15) is 101 Å². The number of nitrogens with one attached hydrogen (secondary N) is 1. The number of alkyl halides is 1. The van der Waals surface area contributed by atoms with E-state index in [-0.39, 0.29) is 23.4 Å². The SMILES string of the molecule is C[C@@H]1N=C(C(=O)NC2CCC(C[C@]3(C)CCC(F)C3)CC2)c2cc(-c3cnn4c3CCCC4)ccc21. The van der Waals surface area contributed by atoms with Crippen LogP contribution in [0.15, 0.2) is 29.4 Å². The molecule has 0 bridgehead atoms. The molecule has 4 aliphatic rings. The van der Waals surface area contributed by atoms with Crippen molar-refractivity contribution in [2.45, 2.75) is 109 Å². The number of carbonyl (C=O) groups excluding carboxylic acids is 1. The average Bonchev–Trinajstić information content (AvgIpc) is 3.55. The summed E-state index contributed by atoms with van der Waals surface area (Å²) in [6.45, 7) is 5.33. The number of hydrogen-bond acceptors (Lipinski definition) is 3. The molecule has 1 aromatic heterocycles. The van der Waals surface area contributed by atoms with E-state index in [1.54, 1.807) is 0 Å². The first-order valence-electron chi connectivity index (χ1n) is 14.1. The average molecular weight is 491 g/mol. The number of hydrogen-bond donors (Lipinski definition) is 1. The first-order chi connectivity index (χ1) is 17.4. The van der Waals surface area contributed by atoms with Crippen LogP contribution < -0.4 is 5.32 Å². The van der Waals surface area contributed by atoms with E-state index < -0.39 is 6.17 Å². The lowest BCUT2D eigenvalue weighted by Crippen LogP contribution is -2.41. The Morgan fingerprint density at radius 1 is 1.17 bits per heavy atom. The van der Waals surface area contributed by atoms with Crippen molar-refractivity contribution in [2.75, 3.05) is 0 Å². The molecule has 1 aromatic carbocycles. The quantitative estimate of drug-likeness (QED) is 0.531. The number of halogens is 1. The Bertz CT molecular complexity index is 1180. The Kier molecular flexibility index (Phi) is 6.25. The van der Waals surface area contributed by atoms with Gasteiger partial charge in [0.15, 0.2) is 0 Å². The predicted molar refractivity (Wildman–Crippen MR) is 141 cm³/mol. The van der Waals surface area contributed by atoms with Crippen LogP contribution in [0.2, 0.25) is 0 Å². The maximum atomic E-state index is 13.8. The van der Waals surface area contributed by atoms with Gasteiger partial charge in [-0.15, -0.1) is 0 Å². The van der Waals surface area contributed by atoms with E-state index >= 15 is 0 Å². The van der Waals surface area contributed by atoms with Crippen LogP contribution >= 0.6 is 0 Å². The summed E-state index contributed by atoms with van der Waals surface area (Å²) in [6, 6.07) is 6.66. The molecular formula is C30H39FN4O. The molecule has 1 unspecified atom stereocenters. The van der Waals surface area contributed by atoms with E-state index in [4.69, 9.17) is 4.99 Å². The van der Waals surface area contributed by atoms with Crippen molar-refractivity contribution < 1.29 is 9.18 Å². The Balaban J connectivity index is 1.12. The molecule has 5 nitrogen and oxygen atoms in total. The Morgan fingerprint density at radius 2 is 2.00 bits per heavy atom. The molecule has 36 heavy (non-hydrogen) atoms. The van der Waals surface area contributed by atoms with Crippen molar-refractivity contribution in [1.82, 2.24) is 15.1 Å². The van der Waals surface area contributed by atoms with Gasteiger partial charge in [-0.05, 0) is 106 Å². The second kappa shape index (κ2) is 9.42. The minimum Gasteiger partial charge on any atom is -0.348 e. The minimum atomic E-state index is -0.608. The van der Waals surface area contributed by atoms with Crippen molar-refractivity contribution in [2.24, 2.45) is 16.3 Å². The number of aliphatic imine (C=N–C) groups is 1. The lowest BCUT2D eigenvalue weighted by Gasteiger charge is -2.34. The van der Waals surface area contributed by atoms with Crippen LogP contribution in [0.4, 0.5) is 4.39 Å². The Hall–Kier alpha value is -2.50. The van der Waals surface area contributed by atoms with E-state index in [0.29, 0.717) is 11.6 Å². The van der Waals surface area contributed by atoms with Crippen LogP contribution in [0.3, 0.4) is 0 Å². The third-order valence-electron chi connectivity index (χ3n) is 9.33. The van der Waals surface area contributed by atoms with Gasteiger partial charge in [-0.2, -0.15) is 5.10 Å². The van der Waals surface area contributed by atoms with Crippen molar-refractivity contribution in [1.29, 1.82) is 0 Å². The van der Waals surface area contributed by atoms with Crippen LogP contribution in [-0.2, 0) is 17.8 Å². The van der Waals surface area contributed by atoms with Gasteiger partial charge in [-0.25, -0.2) is 4.39 Å². The van der Waals surface area contributed by atoms with Crippen molar-refractivity contribution in [3.63, 3.8) is 0 Å². The second-order valence-corrected chi connectivity index (χ2v) is 12.2. The highest BCUT2D eigenvalue weighted by atomic mass is 19.1. The lowest BCUT2D eigenvalue weighted by molar-refractivity contribution is -0.115. The molecule has 6 heteroatoms. The molecule has 6 rings (SSSR count). The molecule has 2 aliphatic heterocycles. The van der Waals surface area contributed by atoms with E-state index in [0.717, 1.165) is 81.0 Å². The zero-order valence-corrected chi connectivity index (χ0v) is 21.7. The van der Waals surface area contributed by atoms with Crippen LogP contribution in [-0.4, -0.2) is 33.6 Å². The fourth-order valence-electron chi connectivity index (χ4n) is 7.36. The van der Waals surface area contributed by atoms with Crippen molar-refractivity contribution >= 4 is 11.6 Å². The Labute approximate surface area is 214 Å². The van der Waals surface area contributed by atoms with E-state index in [9.17, 15) is 9.18 Å². The summed E-state index contributed by atoms with van der Waals surface area (Å²) in [4.78, 5) is 18.2. The maximum Gasteiger partial charge on any atom is 0.270 e. The molecule has 0 saturated heterocycles. The lowest BCUT2D eigenvalue weighted by atomic mass is 9.73. The molecule has 0 spiro atoms. The third-order valence-corrected chi connectivity index (χ3v) is 9.33. The van der Waals surface area contributed by atoms with Gasteiger partial charge < -0.3 is 5.32 Å². The fraction of sp³-hybridized carbons (Fsp3) is 0.633. The normalized spacial score (nSPS) is 31.6. The summed E-state index contributed by atoms with van der Waals surface area (Å²) in [7, 11) is 0. The van der Waals surface area contributed by atoms with Gasteiger partial charge >= 0.3 is 0 Å². The first-order valence-corrected chi connectivity index (χ1v) is 14.1. The number of aromatic nitrogens is 2. The summed E-state index contributed by atoms with van der Waals surface area (Å²) in [6.07, 6.45) is 12.7. The van der Waals surface area contributed by atoms with Crippen molar-refractivity contribution in [3.05, 3.63) is 41.2 Å². The van der Waals surface area contributed by atoms with E-state index in [2.05, 4.69) is 47.1 Å². The summed E-state index contributed by atoms with van der Waals surface area (Å²) in [5, 5.41) is 7.92. The molecule has 2 aliphatic carbocycles. The molecule has 2 saturated carbocycles. The predicted octanol–water partition coefficient (Wildman–Crippen LogP) is 6.34. The highest BCUT2D eigenvalue weighted by molar-refractivity contribution is 6.46. The zero-order valence-electron chi connectivity index (χ0n) is 21.7. The topological polar surface area (TPSA) is 59.3 Å². The standard InChI is InChI=1S/C30H39FN4O/c1-19-24-11-8-21(26-18-32-35-14-4-3-5-27(26)35)15-25(24)28(33-19)29(36)34-23-9-6-20(7-10-23)16-30(2)13-12-22(31)17-30/h8,11,15,18-20,22-23H,3-7,9-10,12-14,16-17H2,1-2H3,(H,34,36)/t19-,20?,22?,23?,30-/m0/s1. The molecule has 0 radical (unpaired) electrons. The molecule has 1 N–H and O–H groups in total. The summed E-state index contributed by atoms with van der Waals surface area (Å²) < 4.78 is 15.9. The summed E-state index contributed by atoms with van der Waals surface area (Å²) in [5.41, 5.74) is 6.47. The number of nitrogens with zero attached hydrogens (tertiary/aromatic N) is 3. The largest absolute Gasteiger partial charge is 0.348 e. The highest BCUT2D eigenvalue weighted by Gasteiger charge is 2.38. The number of amides is 1. The van der Waals surface area contributed by atoms with Gasteiger partial charge in [0, 0.05) is 29.4 Å². The van der Waals surface area contributed by atoms with Crippen LogP contribution in [0.25, 0.3) is 11.1 Å². The van der Waals surface area contributed by atoms with Crippen LogP contribution in [0.5, 0.6) is 0 Å². The molecule has 3 atom stereocenters. The summed E-state index contributed by atoms with van der Waals surface area (Å²) in [5.74, 6) is 0.615. The molecular weight excluding hydrogens is 451 g/mol. The van der Waals surface area contributed by atoms with E-state index in [1.165, 1.54) is 24.1 Å².